The molecule has 4 aliphatic carbocycles. The van der Waals surface area contributed by atoms with Crippen LogP contribution >= 0.6 is 0 Å². The first-order chi connectivity index (χ1) is 24.1. The predicted molar refractivity (Wildman–Crippen MR) is 196 cm³/mol. The fourth-order valence-electron chi connectivity index (χ4n) is 9.24. The molecule has 294 valence electrons. The Bertz CT molecular complexity index is 1310. The minimum atomic E-state index is -1.21. The lowest BCUT2D eigenvalue weighted by atomic mass is 9.49. The van der Waals surface area contributed by atoms with E-state index in [0.29, 0.717) is 37.1 Å². The van der Waals surface area contributed by atoms with Crippen LogP contribution < -0.4 is 16.0 Å². The zero-order chi connectivity index (χ0) is 38.8. The lowest BCUT2D eigenvalue weighted by Gasteiger charge is -2.56. The maximum atomic E-state index is 14.3. The van der Waals surface area contributed by atoms with Gasteiger partial charge in [-0.15, -0.1) is 0 Å². The van der Waals surface area contributed by atoms with Crippen molar-refractivity contribution in [3.63, 3.8) is 0 Å². The Morgan fingerprint density at radius 3 is 1.79 bits per heavy atom. The number of carbonyl (C=O) groups excluding carboxylic acids is 6. The quantitative estimate of drug-likeness (QED) is 0.215. The third kappa shape index (κ3) is 10.9. The van der Waals surface area contributed by atoms with E-state index in [0.717, 1.165) is 25.7 Å². The molecular formula is C40H66N4O8. The molecule has 1 aliphatic heterocycles. The largest absolute Gasteiger partial charge is 0.460 e. The van der Waals surface area contributed by atoms with Gasteiger partial charge in [-0.2, -0.15) is 0 Å². The molecule has 1 saturated heterocycles. The summed E-state index contributed by atoms with van der Waals surface area (Å²) in [6.45, 7) is 18.4. The molecule has 4 amide bonds. The molecule has 5 rings (SSSR count). The summed E-state index contributed by atoms with van der Waals surface area (Å²) in [7, 11) is 0. The summed E-state index contributed by atoms with van der Waals surface area (Å²) in [6, 6.07) is -3.86. The summed E-state index contributed by atoms with van der Waals surface area (Å²) in [5, 5.41) is 8.48. The lowest BCUT2D eigenvalue weighted by molar-refractivity contribution is -0.160. The highest BCUT2D eigenvalue weighted by Gasteiger charge is 2.57. The number of hydrogen-bond donors (Lipinski definition) is 3. The molecule has 4 saturated carbocycles. The van der Waals surface area contributed by atoms with E-state index in [2.05, 4.69) is 16.0 Å². The van der Waals surface area contributed by atoms with E-state index in [1.165, 1.54) is 19.3 Å². The van der Waals surface area contributed by atoms with Crippen LogP contribution in [0.4, 0.5) is 0 Å². The Kier molecular flexibility index (Phi) is 13.2. The zero-order valence-electron chi connectivity index (χ0n) is 33.4. The van der Waals surface area contributed by atoms with Gasteiger partial charge >= 0.3 is 11.9 Å². The van der Waals surface area contributed by atoms with Gasteiger partial charge < -0.3 is 30.3 Å². The Labute approximate surface area is 311 Å². The zero-order valence-corrected chi connectivity index (χ0v) is 33.4. The van der Waals surface area contributed by atoms with Gasteiger partial charge in [-0.1, -0.05) is 27.7 Å². The second kappa shape index (κ2) is 16.5. The van der Waals surface area contributed by atoms with Crippen molar-refractivity contribution < 1.29 is 38.2 Å². The molecule has 4 bridgehead atoms. The number of nitrogens with zero attached hydrogens (tertiary/aromatic N) is 1. The molecule has 0 unspecified atom stereocenters. The van der Waals surface area contributed by atoms with E-state index in [4.69, 9.17) is 9.47 Å². The normalized spacial score (nSPS) is 27.2. The van der Waals surface area contributed by atoms with Crippen molar-refractivity contribution >= 4 is 35.6 Å². The molecular weight excluding hydrogens is 664 g/mol. The van der Waals surface area contributed by atoms with E-state index < -0.39 is 59.1 Å². The summed E-state index contributed by atoms with van der Waals surface area (Å²) >= 11 is 0. The molecule has 5 fully saturated rings. The Morgan fingerprint density at radius 2 is 1.29 bits per heavy atom. The van der Waals surface area contributed by atoms with Crippen molar-refractivity contribution in [3.8, 4) is 0 Å². The van der Waals surface area contributed by atoms with Crippen LogP contribution in [0.3, 0.4) is 0 Å². The summed E-state index contributed by atoms with van der Waals surface area (Å²) in [5.41, 5.74) is -1.89. The lowest BCUT2D eigenvalue weighted by Crippen LogP contribution is -2.60. The maximum Gasteiger partial charge on any atom is 0.329 e. The van der Waals surface area contributed by atoms with Crippen LogP contribution in [0.15, 0.2) is 0 Å². The number of carbonyl (C=O) groups is 6. The minimum absolute atomic E-state index is 0.0101. The highest BCUT2D eigenvalue weighted by molar-refractivity contribution is 5.96. The van der Waals surface area contributed by atoms with Gasteiger partial charge in [0, 0.05) is 13.0 Å². The van der Waals surface area contributed by atoms with Crippen LogP contribution in [0.1, 0.15) is 140 Å². The number of rotatable bonds is 14. The number of esters is 2. The van der Waals surface area contributed by atoms with Gasteiger partial charge in [0.15, 0.2) is 0 Å². The number of nitrogens with one attached hydrogen (secondary N) is 3. The van der Waals surface area contributed by atoms with Crippen molar-refractivity contribution in [2.75, 3.05) is 6.54 Å². The summed E-state index contributed by atoms with van der Waals surface area (Å²) in [6.07, 6.45) is 7.69. The van der Waals surface area contributed by atoms with Gasteiger partial charge in [-0.05, 0) is 135 Å². The summed E-state index contributed by atoms with van der Waals surface area (Å²) < 4.78 is 11.0. The smallest absolute Gasteiger partial charge is 0.329 e. The third-order valence-electron chi connectivity index (χ3n) is 11.0. The molecule has 52 heavy (non-hydrogen) atoms. The third-order valence-corrected chi connectivity index (χ3v) is 11.0. The molecule has 12 heteroatoms. The van der Waals surface area contributed by atoms with Gasteiger partial charge in [-0.25, -0.2) is 4.79 Å². The van der Waals surface area contributed by atoms with Gasteiger partial charge in [-0.3, -0.25) is 24.0 Å². The van der Waals surface area contributed by atoms with Crippen molar-refractivity contribution in [1.82, 2.24) is 20.9 Å². The number of likely N-dealkylation sites (tertiary alicyclic amines) is 1. The van der Waals surface area contributed by atoms with Crippen LogP contribution in [-0.4, -0.2) is 82.4 Å². The molecule has 1 heterocycles. The molecule has 3 N–H and O–H groups in total. The molecule has 0 aromatic carbocycles. The van der Waals surface area contributed by atoms with E-state index in [-0.39, 0.29) is 41.9 Å². The van der Waals surface area contributed by atoms with E-state index in [1.807, 2.05) is 13.8 Å². The van der Waals surface area contributed by atoms with Crippen LogP contribution in [0.25, 0.3) is 0 Å². The van der Waals surface area contributed by atoms with Crippen molar-refractivity contribution in [2.45, 2.75) is 175 Å². The molecule has 0 radical (unpaired) electrons. The van der Waals surface area contributed by atoms with Crippen molar-refractivity contribution in [1.29, 1.82) is 0 Å². The molecule has 0 aromatic heterocycles. The van der Waals surface area contributed by atoms with Crippen LogP contribution in [0, 0.1) is 35.0 Å². The fraction of sp³-hybridized carbons (Fsp3) is 0.850. The van der Waals surface area contributed by atoms with Gasteiger partial charge in [0.05, 0.1) is 5.41 Å². The second-order valence-corrected chi connectivity index (χ2v) is 19.0. The maximum absolute atomic E-state index is 14.3. The van der Waals surface area contributed by atoms with E-state index in [1.54, 1.807) is 60.3 Å². The van der Waals surface area contributed by atoms with Crippen LogP contribution in [0.2, 0.25) is 0 Å². The number of amides is 4. The number of hydrogen-bond acceptors (Lipinski definition) is 8. The molecule has 0 spiro atoms. The van der Waals surface area contributed by atoms with Crippen molar-refractivity contribution in [2.24, 2.45) is 35.0 Å². The van der Waals surface area contributed by atoms with Crippen LogP contribution in [0.5, 0.6) is 0 Å². The predicted octanol–water partition coefficient (Wildman–Crippen LogP) is 4.81. The van der Waals surface area contributed by atoms with E-state index in [9.17, 15) is 28.8 Å². The van der Waals surface area contributed by atoms with Crippen LogP contribution in [-0.2, 0) is 38.2 Å². The van der Waals surface area contributed by atoms with Gasteiger partial charge in [0.2, 0.25) is 23.6 Å². The summed E-state index contributed by atoms with van der Waals surface area (Å²) in [4.78, 5) is 83.6. The average Bonchev–Trinajstić information content (AvgIpc) is 3.48. The highest BCUT2D eigenvalue weighted by atomic mass is 16.6. The topological polar surface area (TPSA) is 160 Å². The minimum Gasteiger partial charge on any atom is -0.460 e. The Balaban J connectivity index is 1.49. The van der Waals surface area contributed by atoms with Gasteiger partial charge in [0.25, 0.3) is 0 Å². The molecule has 12 nitrogen and oxygen atoms in total. The monoisotopic (exact) mass is 730 g/mol. The van der Waals surface area contributed by atoms with Gasteiger partial charge in [0.1, 0.15) is 35.4 Å². The molecule has 4 atom stereocenters. The first-order valence-corrected chi connectivity index (χ1v) is 19.7. The standard InChI is InChI=1S/C40H66N4O8/c1-23(2)16-29(42-35(48)30-12-11-15-44(30)37(50)40-20-25-17-26(21-40)19-27(18-25)22-40)34(47)41-28(13-14-31(45)51-38(5,6)7)33(46)43-32(24(3)4)36(49)52-39(8,9)10/h23-30,32H,11-22H2,1-10H3,(H,41,47)(H,42,48)(H,43,46)/t25?,26?,27?,28-,29-,30-,32-,40?/m0/s1. The fourth-order valence-corrected chi connectivity index (χ4v) is 9.24. The van der Waals surface area contributed by atoms with Crippen molar-refractivity contribution in [3.05, 3.63) is 0 Å². The summed E-state index contributed by atoms with van der Waals surface area (Å²) in [5.74, 6) is -1.15. The second-order valence-electron chi connectivity index (χ2n) is 19.0. The molecule has 5 aliphatic rings. The van der Waals surface area contributed by atoms with E-state index >= 15 is 0 Å². The average molecular weight is 731 g/mol. The molecule has 0 aromatic rings. The first kappa shape index (κ1) is 41.6. The highest BCUT2D eigenvalue weighted by Crippen LogP contribution is 2.60. The SMILES string of the molecule is CC(C)C[C@H](NC(=O)[C@@H]1CCCN1C(=O)C12CC3CC(CC(C3)C1)C2)C(=O)N[C@@H](CCC(=O)OC(C)(C)C)C(=O)N[C@H](C(=O)OC(C)(C)C)C(C)C. The first-order valence-electron chi connectivity index (χ1n) is 19.7. The Hall–Kier alpha value is -3.18. The Morgan fingerprint density at radius 1 is 0.750 bits per heavy atom. The number of ether oxygens (including phenoxy) is 2.